The monoisotopic (exact) mass is 543 g/mol. The van der Waals surface area contributed by atoms with Crippen molar-refractivity contribution in [2.45, 2.75) is 45.6 Å². The Balaban J connectivity index is 0.00000341. The van der Waals surface area contributed by atoms with E-state index in [1.807, 2.05) is 6.92 Å². The highest BCUT2D eigenvalue weighted by Crippen LogP contribution is 2.36. The minimum Gasteiger partial charge on any atom is -0.379 e. The molecule has 1 saturated heterocycles. The molecule has 0 unspecified atom stereocenters. The predicted molar refractivity (Wildman–Crippen MR) is 132 cm³/mol. The zero-order chi connectivity index (χ0) is 21.2. The Hall–Kier alpha value is -1.44. The summed E-state index contributed by atoms with van der Waals surface area (Å²) in [7, 11) is 0. The van der Waals surface area contributed by atoms with Crippen LogP contribution in [-0.4, -0.2) is 56.8 Å². The van der Waals surface area contributed by atoms with Gasteiger partial charge in [0.2, 0.25) is 0 Å². The second kappa shape index (κ2) is 13.2. The van der Waals surface area contributed by atoms with Crippen LogP contribution >= 0.6 is 24.0 Å². The summed E-state index contributed by atoms with van der Waals surface area (Å²) in [4.78, 5) is 7.12. The van der Waals surface area contributed by atoms with Crippen molar-refractivity contribution < 1.29 is 9.13 Å². The van der Waals surface area contributed by atoms with Crippen LogP contribution in [0.25, 0.3) is 0 Å². The van der Waals surface area contributed by atoms with Gasteiger partial charge in [-0.1, -0.05) is 19.3 Å². The zero-order valence-corrected chi connectivity index (χ0v) is 20.8. The van der Waals surface area contributed by atoms with Crippen molar-refractivity contribution in [3.8, 4) is 6.07 Å². The fraction of sp³-hybridized carbons (Fsp3) is 0.652. The summed E-state index contributed by atoms with van der Waals surface area (Å²) in [5, 5.41) is 15.9. The number of rotatable bonds is 7. The van der Waals surface area contributed by atoms with Crippen molar-refractivity contribution in [3.05, 3.63) is 35.1 Å². The van der Waals surface area contributed by atoms with Gasteiger partial charge in [-0.2, -0.15) is 5.26 Å². The summed E-state index contributed by atoms with van der Waals surface area (Å²) >= 11 is 0. The molecule has 1 aromatic carbocycles. The van der Waals surface area contributed by atoms with E-state index in [0.717, 1.165) is 45.9 Å². The topological polar surface area (TPSA) is 72.7 Å². The molecule has 3 rings (SSSR count). The molecule has 0 bridgehead atoms. The van der Waals surface area contributed by atoms with Crippen molar-refractivity contribution in [1.82, 2.24) is 15.5 Å². The predicted octanol–water partition coefficient (Wildman–Crippen LogP) is 3.65. The average Bonchev–Trinajstić information content (AvgIpc) is 2.78. The van der Waals surface area contributed by atoms with Gasteiger partial charge in [0.1, 0.15) is 5.82 Å². The quantitative estimate of drug-likeness (QED) is 0.312. The molecule has 0 radical (unpaired) electrons. The molecule has 0 aromatic heterocycles. The van der Waals surface area contributed by atoms with E-state index in [4.69, 9.17) is 10.00 Å². The first-order valence-corrected chi connectivity index (χ1v) is 11.1. The lowest BCUT2D eigenvalue weighted by Crippen LogP contribution is -2.51. The number of benzene rings is 1. The standard InChI is InChI=1S/C23H34FN5O.HI/c1-2-26-22(27-16-20-14-19(15-25)6-7-21(20)24)28-17-23(8-4-3-5-9-23)18-29-10-12-30-13-11-29;/h6-7,14H,2-5,8-13,16-18H2,1H3,(H2,26,27,28);1H. The van der Waals surface area contributed by atoms with Crippen LogP contribution in [0.5, 0.6) is 0 Å². The number of nitrogens with zero attached hydrogens (tertiary/aromatic N) is 3. The van der Waals surface area contributed by atoms with E-state index < -0.39 is 0 Å². The van der Waals surface area contributed by atoms with Crippen LogP contribution in [-0.2, 0) is 11.3 Å². The normalized spacial score (nSPS) is 19.2. The van der Waals surface area contributed by atoms with Crippen LogP contribution in [0.4, 0.5) is 4.39 Å². The summed E-state index contributed by atoms with van der Waals surface area (Å²) in [5.41, 5.74) is 1.12. The highest BCUT2D eigenvalue weighted by molar-refractivity contribution is 14.0. The molecule has 0 amide bonds. The summed E-state index contributed by atoms with van der Waals surface area (Å²) in [6, 6.07) is 6.46. The van der Waals surface area contributed by atoms with Gasteiger partial charge in [0, 0.05) is 43.7 Å². The van der Waals surface area contributed by atoms with Crippen LogP contribution in [0.3, 0.4) is 0 Å². The van der Waals surface area contributed by atoms with Crippen molar-refractivity contribution in [2.24, 2.45) is 10.4 Å². The molecular weight excluding hydrogens is 508 g/mol. The number of aliphatic imine (C=N–C) groups is 1. The number of hydrogen-bond acceptors (Lipinski definition) is 4. The lowest BCUT2D eigenvalue weighted by atomic mass is 9.73. The molecule has 31 heavy (non-hydrogen) atoms. The van der Waals surface area contributed by atoms with Crippen LogP contribution in [0.1, 0.15) is 50.2 Å². The fourth-order valence-electron chi connectivity index (χ4n) is 4.47. The molecule has 0 atom stereocenters. The minimum absolute atomic E-state index is 0. The number of ether oxygens (including phenoxy) is 1. The molecule has 2 aliphatic rings. The number of halogens is 2. The van der Waals surface area contributed by atoms with Crippen molar-refractivity contribution in [1.29, 1.82) is 5.26 Å². The third-order valence-corrected chi connectivity index (χ3v) is 6.13. The van der Waals surface area contributed by atoms with Crippen molar-refractivity contribution in [2.75, 3.05) is 45.9 Å². The summed E-state index contributed by atoms with van der Waals surface area (Å²) in [5.74, 6) is 0.371. The molecule has 6 nitrogen and oxygen atoms in total. The first-order valence-electron chi connectivity index (χ1n) is 11.1. The Morgan fingerprint density at radius 3 is 2.65 bits per heavy atom. The number of nitrogens with one attached hydrogen (secondary N) is 2. The Bertz CT molecular complexity index is 755. The first-order chi connectivity index (χ1) is 14.6. The summed E-state index contributed by atoms with van der Waals surface area (Å²) in [6.07, 6.45) is 6.29. The average molecular weight is 543 g/mol. The summed E-state index contributed by atoms with van der Waals surface area (Å²) in [6.45, 7) is 8.56. The van der Waals surface area contributed by atoms with Crippen LogP contribution in [0, 0.1) is 22.6 Å². The third-order valence-electron chi connectivity index (χ3n) is 6.13. The number of morpholine rings is 1. The van der Waals surface area contributed by atoms with E-state index in [1.54, 1.807) is 6.07 Å². The van der Waals surface area contributed by atoms with Crippen molar-refractivity contribution in [3.63, 3.8) is 0 Å². The second-order valence-corrected chi connectivity index (χ2v) is 8.42. The van der Waals surface area contributed by atoms with E-state index in [2.05, 4.69) is 26.6 Å². The van der Waals surface area contributed by atoms with Gasteiger partial charge in [-0.3, -0.25) is 4.90 Å². The number of guanidine groups is 1. The smallest absolute Gasteiger partial charge is 0.191 e. The zero-order valence-electron chi connectivity index (χ0n) is 18.5. The van der Waals surface area contributed by atoms with E-state index in [0.29, 0.717) is 17.1 Å². The Kier molecular flexibility index (Phi) is 11.0. The number of nitriles is 1. The lowest BCUT2D eigenvalue weighted by Gasteiger charge is -2.42. The minimum atomic E-state index is -0.329. The maximum atomic E-state index is 14.1. The fourth-order valence-corrected chi connectivity index (χ4v) is 4.47. The van der Waals surface area contributed by atoms with Gasteiger partial charge < -0.3 is 15.4 Å². The highest BCUT2D eigenvalue weighted by Gasteiger charge is 2.34. The van der Waals surface area contributed by atoms with Gasteiger partial charge in [0.05, 0.1) is 31.4 Å². The Morgan fingerprint density at radius 2 is 1.97 bits per heavy atom. The van der Waals surface area contributed by atoms with Gasteiger partial charge in [0.15, 0.2) is 5.96 Å². The molecule has 2 N–H and O–H groups in total. The van der Waals surface area contributed by atoms with Gasteiger partial charge in [-0.15, -0.1) is 24.0 Å². The van der Waals surface area contributed by atoms with Crippen LogP contribution in [0.2, 0.25) is 0 Å². The molecule has 8 heteroatoms. The van der Waals surface area contributed by atoms with E-state index in [9.17, 15) is 4.39 Å². The molecule has 1 aromatic rings. The molecule has 1 aliphatic carbocycles. The molecule has 172 valence electrons. The van der Waals surface area contributed by atoms with Crippen LogP contribution < -0.4 is 10.6 Å². The molecule has 2 fully saturated rings. The first kappa shape index (κ1) is 25.8. The third kappa shape index (κ3) is 7.88. The van der Waals surface area contributed by atoms with E-state index in [-0.39, 0.29) is 41.8 Å². The van der Waals surface area contributed by atoms with Gasteiger partial charge in [-0.25, -0.2) is 9.38 Å². The highest BCUT2D eigenvalue weighted by atomic mass is 127. The van der Waals surface area contributed by atoms with E-state index >= 15 is 0 Å². The van der Waals surface area contributed by atoms with Crippen LogP contribution in [0.15, 0.2) is 23.2 Å². The Morgan fingerprint density at radius 1 is 1.23 bits per heavy atom. The Labute approximate surface area is 202 Å². The molecule has 0 spiro atoms. The second-order valence-electron chi connectivity index (χ2n) is 8.42. The SMILES string of the molecule is CCNC(=NCc1cc(C#N)ccc1F)NCC1(CN2CCOCC2)CCCCC1.I. The largest absolute Gasteiger partial charge is 0.379 e. The number of hydrogen-bond donors (Lipinski definition) is 2. The van der Waals surface area contributed by atoms with Crippen molar-refractivity contribution >= 4 is 29.9 Å². The van der Waals surface area contributed by atoms with Gasteiger partial charge in [-0.05, 0) is 38.0 Å². The summed E-state index contributed by atoms with van der Waals surface area (Å²) < 4.78 is 19.6. The molecular formula is C23H35FIN5O. The van der Waals surface area contributed by atoms with Gasteiger partial charge in [0.25, 0.3) is 0 Å². The molecule has 1 aliphatic heterocycles. The lowest BCUT2D eigenvalue weighted by molar-refractivity contribution is 0.00820. The molecule has 1 saturated carbocycles. The maximum absolute atomic E-state index is 14.1. The van der Waals surface area contributed by atoms with E-state index in [1.165, 1.54) is 44.2 Å². The van der Waals surface area contributed by atoms with Gasteiger partial charge >= 0.3 is 0 Å². The molecule has 1 heterocycles. The maximum Gasteiger partial charge on any atom is 0.191 e.